The fraction of sp³-hybridized carbons (Fsp3) is 0.588. The van der Waals surface area contributed by atoms with E-state index in [1.54, 1.807) is 0 Å². The molecule has 1 N–H and O–H groups in total. The molecule has 1 aromatic rings. The summed E-state index contributed by atoms with van der Waals surface area (Å²) in [7, 11) is 0. The van der Waals surface area contributed by atoms with Crippen molar-refractivity contribution in [1.82, 2.24) is 5.32 Å². The molecule has 0 heterocycles. The van der Waals surface area contributed by atoms with Gasteiger partial charge in [-0.1, -0.05) is 56.8 Å². The topological polar surface area (TPSA) is 29.1 Å². The fourth-order valence-electron chi connectivity index (χ4n) is 2.82. The van der Waals surface area contributed by atoms with Crippen LogP contribution < -0.4 is 5.32 Å². The van der Waals surface area contributed by atoms with Crippen LogP contribution >= 0.6 is 11.6 Å². The highest BCUT2D eigenvalue weighted by molar-refractivity contribution is 6.30. The number of benzene rings is 1. The van der Waals surface area contributed by atoms with Gasteiger partial charge < -0.3 is 5.32 Å². The molecule has 0 spiro atoms. The van der Waals surface area contributed by atoms with Gasteiger partial charge in [-0.3, -0.25) is 4.79 Å². The second-order valence-electron chi connectivity index (χ2n) is 6.44. The third kappa shape index (κ3) is 3.99. The summed E-state index contributed by atoms with van der Waals surface area (Å²) in [4.78, 5) is 12.2. The summed E-state index contributed by atoms with van der Waals surface area (Å²) in [5, 5.41) is 3.88. The van der Waals surface area contributed by atoms with Gasteiger partial charge in [-0.25, -0.2) is 0 Å². The number of halogens is 1. The maximum absolute atomic E-state index is 12.2. The van der Waals surface area contributed by atoms with Gasteiger partial charge in [0.05, 0.1) is 0 Å². The van der Waals surface area contributed by atoms with Crippen LogP contribution in [0.2, 0.25) is 5.02 Å². The molecule has 0 saturated heterocycles. The molecule has 20 heavy (non-hydrogen) atoms. The molecule has 2 rings (SSSR count). The van der Waals surface area contributed by atoms with Gasteiger partial charge in [0.25, 0.3) is 0 Å². The molecule has 2 nitrogen and oxygen atoms in total. The van der Waals surface area contributed by atoms with Crippen LogP contribution in [-0.4, -0.2) is 12.5 Å². The van der Waals surface area contributed by atoms with Gasteiger partial charge in [0, 0.05) is 22.9 Å². The Morgan fingerprint density at radius 3 is 2.40 bits per heavy atom. The van der Waals surface area contributed by atoms with Crippen molar-refractivity contribution in [2.24, 2.45) is 5.92 Å². The van der Waals surface area contributed by atoms with Crippen LogP contribution in [0.25, 0.3) is 0 Å². The highest BCUT2D eigenvalue weighted by Crippen LogP contribution is 2.26. The molecule has 1 amide bonds. The number of carbonyl (C=O) groups is 1. The van der Waals surface area contributed by atoms with E-state index in [1.807, 2.05) is 24.3 Å². The average molecular weight is 294 g/mol. The second kappa shape index (κ2) is 6.62. The summed E-state index contributed by atoms with van der Waals surface area (Å²) in [6.07, 6.45) is 5.76. The van der Waals surface area contributed by atoms with Crippen molar-refractivity contribution in [3.05, 3.63) is 34.9 Å². The molecule has 0 unspecified atom stereocenters. The lowest BCUT2D eigenvalue weighted by Gasteiger charge is -2.28. The summed E-state index contributed by atoms with van der Waals surface area (Å²) in [5.41, 5.74) is 1.13. The first-order valence-corrected chi connectivity index (χ1v) is 7.90. The third-order valence-corrected chi connectivity index (χ3v) is 4.56. The monoisotopic (exact) mass is 293 g/mol. The smallest absolute Gasteiger partial charge is 0.223 e. The zero-order valence-electron chi connectivity index (χ0n) is 12.4. The third-order valence-electron chi connectivity index (χ3n) is 4.31. The molecule has 1 saturated carbocycles. The lowest BCUT2D eigenvalue weighted by molar-refractivity contribution is -0.126. The lowest BCUT2D eigenvalue weighted by atomic mass is 9.84. The minimum Gasteiger partial charge on any atom is -0.355 e. The normalized spacial score (nSPS) is 16.9. The average Bonchev–Trinajstić information content (AvgIpc) is 2.46. The Morgan fingerprint density at radius 1 is 1.20 bits per heavy atom. The molecule has 0 aliphatic heterocycles. The first-order chi connectivity index (χ1) is 9.49. The molecular weight excluding hydrogens is 270 g/mol. The summed E-state index contributed by atoms with van der Waals surface area (Å²) < 4.78 is 0. The predicted octanol–water partition coefficient (Wildman–Crippen LogP) is 4.31. The number of hydrogen-bond acceptors (Lipinski definition) is 1. The molecule has 3 heteroatoms. The van der Waals surface area contributed by atoms with Gasteiger partial charge in [-0.15, -0.1) is 0 Å². The van der Waals surface area contributed by atoms with E-state index in [1.165, 1.54) is 24.8 Å². The maximum Gasteiger partial charge on any atom is 0.223 e. The van der Waals surface area contributed by atoms with Crippen molar-refractivity contribution >= 4 is 17.5 Å². The Bertz CT molecular complexity index is 447. The van der Waals surface area contributed by atoms with E-state index in [4.69, 9.17) is 11.6 Å². The molecule has 0 atom stereocenters. The Balaban J connectivity index is 1.91. The van der Waals surface area contributed by atoms with Gasteiger partial charge in [0.15, 0.2) is 0 Å². The van der Waals surface area contributed by atoms with Crippen LogP contribution in [0.15, 0.2) is 24.3 Å². The van der Waals surface area contributed by atoms with E-state index in [0.29, 0.717) is 6.54 Å². The number of nitrogens with one attached hydrogen (secondary N) is 1. The van der Waals surface area contributed by atoms with Crippen molar-refractivity contribution in [1.29, 1.82) is 0 Å². The Kier molecular flexibility index (Phi) is 5.09. The van der Waals surface area contributed by atoms with Crippen molar-refractivity contribution in [3.63, 3.8) is 0 Å². The standard InChI is InChI=1S/C17H24ClNO/c1-17(2,14-8-10-15(18)11-9-14)12-19-16(20)13-6-4-3-5-7-13/h8-11,13H,3-7,12H2,1-2H3,(H,19,20). The van der Waals surface area contributed by atoms with E-state index in [9.17, 15) is 4.79 Å². The first-order valence-electron chi connectivity index (χ1n) is 7.53. The summed E-state index contributed by atoms with van der Waals surface area (Å²) >= 11 is 5.92. The van der Waals surface area contributed by atoms with Crippen LogP contribution in [-0.2, 0) is 10.2 Å². The summed E-state index contributed by atoms with van der Waals surface area (Å²) in [6, 6.07) is 7.88. The van der Waals surface area contributed by atoms with Crippen molar-refractivity contribution in [2.45, 2.75) is 51.4 Å². The second-order valence-corrected chi connectivity index (χ2v) is 6.88. The van der Waals surface area contributed by atoms with Gasteiger partial charge in [0.1, 0.15) is 0 Å². The van der Waals surface area contributed by atoms with Gasteiger partial charge in [0.2, 0.25) is 5.91 Å². The highest BCUT2D eigenvalue weighted by Gasteiger charge is 2.25. The van der Waals surface area contributed by atoms with E-state index in [0.717, 1.165) is 17.9 Å². The van der Waals surface area contributed by atoms with Crippen LogP contribution in [0.5, 0.6) is 0 Å². The van der Waals surface area contributed by atoms with E-state index < -0.39 is 0 Å². The lowest BCUT2D eigenvalue weighted by Crippen LogP contribution is -2.40. The first kappa shape index (κ1) is 15.4. The zero-order valence-corrected chi connectivity index (χ0v) is 13.2. The van der Waals surface area contributed by atoms with Crippen LogP contribution in [0, 0.1) is 5.92 Å². The minimum atomic E-state index is -0.0745. The summed E-state index contributed by atoms with van der Waals surface area (Å²) in [6.45, 7) is 4.97. The molecular formula is C17H24ClNO. The number of amides is 1. The van der Waals surface area contributed by atoms with E-state index >= 15 is 0 Å². The van der Waals surface area contributed by atoms with Crippen LogP contribution in [0.4, 0.5) is 0 Å². The number of hydrogen-bond donors (Lipinski definition) is 1. The van der Waals surface area contributed by atoms with Gasteiger partial charge >= 0.3 is 0 Å². The molecule has 0 radical (unpaired) electrons. The Labute approximate surface area is 126 Å². The quantitative estimate of drug-likeness (QED) is 0.880. The van der Waals surface area contributed by atoms with Gasteiger partial charge in [-0.05, 0) is 30.5 Å². The largest absolute Gasteiger partial charge is 0.355 e. The van der Waals surface area contributed by atoms with Crippen molar-refractivity contribution in [3.8, 4) is 0 Å². The summed E-state index contributed by atoms with van der Waals surface area (Å²) in [5.74, 6) is 0.455. The molecule has 1 fully saturated rings. The molecule has 0 bridgehead atoms. The van der Waals surface area contributed by atoms with Crippen molar-refractivity contribution < 1.29 is 4.79 Å². The Morgan fingerprint density at radius 2 is 1.80 bits per heavy atom. The zero-order chi connectivity index (χ0) is 14.6. The number of rotatable bonds is 4. The van der Waals surface area contributed by atoms with Crippen LogP contribution in [0.1, 0.15) is 51.5 Å². The maximum atomic E-state index is 12.2. The van der Waals surface area contributed by atoms with E-state index in [-0.39, 0.29) is 17.2 Å². The highest BCUT2D eigenvalue weighted by atomic mass is 35.5. The predicted molar refractivity (Wildman–Crippen MR) is 84.1 cm³/mol. The molecule has 0 aromatic heterocycles. The molecule has 1 aliphatic carbocycles. The Hall–Kier alpha value is -1.02. The minimum absolute atomic E-state index is 0.0745. The number of carbonyl (C=O) groups excluding carboxylic acids is 1. The molecule has 1 aliphatic rings. The molecule has 1 aromatic carbocycles. The van der Waals surface area contributed by atoms with Crippen LogP contribution in [0.3, 0.4) is 0 Å². The SMILES string of the molecule is CC(C)(CNC(=O)C1CCCCC1)c1ccc(Cl)cc1. The van der Waals surface area contributed by atoms with Crippen molar-refractivity contribution in [2.75, 3.05) is 6.54 Å². The fourth-order valence-corrected chi connectivity index (χ4v) is 2.95. The van der Waals surface area contributed by atoms with Gasteiger partial charge in [-0.2, -0.15) is 0 Å². The van der Waals surface area contributed by atoms with E-state index in [2.05, 4.69) is 19.2 Å². The molecule has 110 valence electrons.